The molecule has 2 saturated heterocycles. The minimum Gasteiger partial charge on any atom is -0.391 e. The standard InChI is InChI=1S/C56H80Cl2N10O9S2/c1-37(39-13-15-40(16-14-39)49-38(2)63-36-78-49)64-52(72)43-32-41(69)34-68(43)54(73)50(55(3,4)5)66-47(71)17-24-74-26-28-76-30-31-77-29-27-75-25-21-61-46(70)12-7-6-8-18-56(35-59)19-22-67(23-20-56)45-33-62-53(51(60)65-45)79-44-11-9-10-42(57)48(44)58/h9-11,13-16,33,36-37,41,43,50,69H,6-8,12,17-32,34-35,59H2,1-5H3,(H2,60,65)(H,61,70)(H,64,72)(H,66,71)/t37-,41+,43-,50+/m0/s1. The number of aliphatic hydroxyl groups is 1. The Labute approximate surface area is 483 Å². The number of halogens is 2. The number of nitrogens with one attached hydrogen (secondary N) is 3. The first-order valence-corrected chi connectivity index (χ1v) is 29.7. The SMILES string of the molecule is Cc1ncsc1-c1ccc([C@H](C)NC(=O)[C@@H]2C[C@@H](O)CN2C(=O)[C@@H](NC(=O)CCOCCOCCOCCOCCNC(=O)CCCCCC2(CN)CCN(c3cnc(Sc4cccc(Cl)c4Cl)c(N)n3)CC2)C(C)(C)C)cc1. The summed E-state index contributed by atoms with van der Waals surface area (Å²) in [4.78, 5) is 72.2. The number of nitrogens with two attached hydrogens (primary N) is 2. The van der Waals surface area contributed by atoms with Gasteiger partial charge in [-0.05, 0) is 80.2 Å². The number of amides is 4. The fourth-order valence-electron chi connectivity index (χ4n) is 9.54. The van der Waals surface area contributed by atoms with Gasteiger partial charge in [-0.2, -0.15) is 0 Å². The molecular weight excluding hydrogens is 1090 g/mol. The van der Waals surface area contributed by atoms with Crippen LogP contribution in [-0.4, -0.2) is 152 Å². The van der Waals surface area contributed by atoms with Crippen LogP contribution in [-0.2, 0) is 38.1 Å². The number of anilines is 2. The highest BCUT2D eigenvalue weighted by Gasteiger charge is 2.45. The highest BCUT2D eigenvalue weighted by Crippen LogP contribution is 2.40. The Morgan fingerprint density at radius 3 is 2.19 bits per heavy atom. The lowest BCUT2D eigenvalue weighted by Gasteiger charge is -2.42. The number of nitrogen functional groups attached to an aromatic ring is 1. The highest BCUT2D eigenvalue weighted by atomic mass is 35.5. The largest absolute Gasteiger partial charge is 0.391 e. The van der Waals surface area contributed by atoms with Gasteiger partial charge in [-0.3, -0.25) is 19.2 Å². The number of aliphatic hydroxyl groups excluding tert-OH is 1. The number of ether oxygens (including phenoxy) is 4. The number of hydrogen-bond donors (Lipinski definition) is 6. The summed E-state index contributed by atoms with van der Waals surface area (Å²) in [6.07, 6.45) is 7.14. The normalized spacial score (nSPS) is 17.1. The van der Waals surface area contributed by atoms with Crippen molar-refractivity contribution in [1.29, 1.82) is 0 Å². The Bertz CT molecular complexity index is 2590. The van der Waals surface area contributed by atoms with Gasteiger partial charge in [0.25, 0.3) is 0 Å². The molecule has 0 unspecified atom stereocenters. The number of likely N-dealkylation sites (tertiary alicyclic amines) is 1. The number of piperidine rings is 1. The number of thiazole rings is 1. The Hall–Kier alpha value is -4.68. The monoisotopic (exact) mass is 1170 g/mol. The molecule has 8 N–H and O–H groups in total. The van der Waals surface area contributed by atoms with E-state index in [-0.39, 0.29) is 61.8 Å². The number of carbonyl (C=O) groups is 4. The Balaban J connectivity index is 0.742. The van der Waals surface area contributed by atoms with Gasteiger partial charge in [-0.1, -0.05) is 98.9 Å². The summed E-state index contributed by atoms with van der Waals surface area (Å²) in [6, 6.07) is 11.2. The first-order valence-electron chi connectivity index (χ1n) is 27.2. The quantitative estimate of drug-likeness (QED) is 0.0269. The molecule has 4 atom stereocenters. The van der Waals surface area contributed by atoms with Gasteiger partial charge >= 0.3 is 0 Å². The van der Waals surface area contributed by atoms with Crippen molar-refractivity contribution in [2.75, 3.05) is 96.2 Å². The zero-order chi connectivity index (χ0) is 57.0. The number of unbranched alkanes of at least 4 members (excludes halogenated alkanes) is 2. The highest BCUT2D eigenvalue weighted by molar-refractivity contribution is 7.99. The van der Waals surface area contributed by atoms with Gasteiger partial charge in [0.15, 0.2) is 5.82 Å². The van der Waals surface area contributed by atoms with Crippen LogP contribution in [0, 0.1) is 17.8 Å². The van der Waals surface area contributed by atoms with Gasteiger partial charge in [0, 0.05) is 50.3 Å². The number of aromatic nitrogens is 3. The van der Waals surface area contributed by atoms with Gasteiger partial charge in [-0.25, -0.2) is 15.0 Å². The van der Waals surface area contributed by atoms with Gasteiger partial charge in [0.05, 0.1) is 97.3 Å². The third-order valence-corrected chi connectivity index (χ3v) is 17.3. The maximum atomic E-state index is 14.0. The number of β-amino-alcohol motifs (C(OH)–C–C–N with tert-alkyl or cyclic N) is 1. The van der Waals surface area contributed by atoms with E-state index in [0.29, 0.717) is 80.0 Å². The predicted octanol–water partition coefficient (Wildman–Crippen LogP) is 7.39. The molecule has 2 aromatic carbocycles. The summed E-state index contributed by atoms with van der Waals surface area (Å²) in [7, 11) is 0. The van der Waals surface area contributed by atoms with Crippen LogP contribution in [0.25, 0.3) is 10.4 Å². The molecule has 2 aromatic heterocycles. The third kappa shape index (κ3) is 19.5. The Morgan fingerprint density at radius 1 is 0.886 bits per heavy atom. The number of rotatable bonds is 31. The van der Waals surface area contributed by atoms with Gasteiger partial charge in [0.2, 0.25) is 23.6 Å². The molecular formula is C56H80Cl2N10O9S2. The number of benzene rings is 2. The summed E-state index contributed by atoms with van der Waals surface area (Å²) in [5.74, 6) is -0.0670. The minimum absolute atomic E-state index is 0.0111. The maximum Gasteiger partial charge on any atom is 0.246 e. The van der Waals surface area contributed by atoms with Crippen LogP contribution in [0.5, 0.6) is 0 Å². The summed E-state index contributed by atoms with van der Waals surface area (Å²) < 4.78 is 22.4. The number of aryl methyl sites for hydroxylation is 1. The van der Waals surface area contributed by atoms with Gasteiger partial charge < -0.3 is 61.3 Å². The van der Waals surface area contributed by atoms with Crippen LogP contribution in [0.15, 0.2) is 64.1 Å². The van der Waals surface area contributed by atoms with Crippen LogP contribution in [0.4, 0.5) is 11.6 Å². The molecule has 4 aromatic rings. The molecule has 4 heterocycles. The average Bonchev–Trinajstić information content (AvgIpc) is 4.06. The number of carbonyl (C=O) groups excluding carboxylic acids is 4. The Morgan fingerprint density at radius 2 is 1.56 bits per heavy atom. The van der Waals surface area contributed by atoms with Crippen molar-refractivity contribution in [3.05, 3.63) is 75.5 Å². The summed E-state index contributed by atoms with van der Waals surface area (Å²) in [5.41, 5.74) is 16.7. The van der Waals surface area contributed by atoms with E-state index in [1.165, 1.54) is 16.7 Å². The van der Waals surface area contributed by atoms with E-state index in [0.717, 1.165) is 84.0 Å². The average molecular weight is 1170 g/mol. The van der Waals surface area contributed by atoms with Crippen molar-refractivity contribution in [3.63, 3.8) is 0 Å². The second-order valence-corrected chi connectivity index (χ2v) is 23.9. The van der Waals surface area contributed by atoms with Crippen molar-refractivity contribution in [2.24, 2.45) is 16.6 Å². The van der Waals surface area contributed by atoms with Crippen molar-refractivity contribution >= 4 is 81.6 Å². The van der Waals surface area contributed by atoms with E-state index < -0.39 is 29.5 Å². The zero-order valence-electron chi connectivity index (χ0n) is 46.2. The molecule has 434 valence electrons. The summed E-state index contributed by atoms with van der Waals surface area (Å²) in [5, 5.41) is 20.9. The molecule has 4 amide bonds. The second kappa shape index (κ2) is 31.5. The predicted molar refractivity (Wildman–Crippen MR) is 310 cm³/mol. The molecule has 2 fully saturated rings. The fraction of sp³-hybridized carbons (Fsp3) is 0.589. The van der Waals surface area contributed by atoms with E-state index in [4.69, 9.17) is 53.6 Å². The topological polar surface area (TPSA) is 259 Å². The van der Waals surface area contributed by atoms with Crippen molar-refractivity contribution in [3.8, 4) is 10.4 Å². The lowest BCUT2D eigenvalue weighted by molar-refractivity contribution is -0.144. The van der Waals surface area contributed by atoms with E-state index in [2.05, 4.69) is 35.8 Å². The molecule has 79 heavy (non-hydrogen) atoms. The first-order chi connectivity index (χ1) is 37.9. The van der Waals surface area contributed by atoms with Crippen LogP contribution in [0.2, 0.25) is 10.0 Å². The van der Waals surface area contributed by atoms with Crippen molar-refractivity contribution < 1.29 is 43.2 Å². The Kier molecular flexibility index (Phi) is 25.3. The zero-order valence-corrected chi connectivity index (χ0v) is 49.4. The fourth-order valence-corrected chi connectivity index (χ4v) is 11.6. The van der Waals surface area contributed by atoms with Gasteiger partial charge in [0.1, 0.15) is 22.9 Å². The summed E-state index contributed by atoms with van der Waals surface area (Å²) >= 11 is 15.4. The van der Waals surface area contributed by atoms with Gasteiger partial charge in [-0.15, -0.1) is 11.3 Å². The molecule has 0 saturated carbocycles. The lowest BCUT2D eigenvalue weighted by atomic mass is 9.74. The van der Waals surface area contributed by atoms with Crippen LogP contribution in [0.1, 0.15) is 103 Å². The molecule has 19 nitrogen and oxygen atoms in total. The van der Waals surface area contributed by atoms with Crippen LogP contribution >= 0.6 is 46.3 Å². The van der Waals surface area contributed by atoms with Crippen molar-refractivity contribution in [2.45, 2.75) is 127 Å². The van der Waals surface area contributed by atoms with E-state index in [9.17, 15) is 24.3 Å². The van der Waals surface area contributed by atoms with E-state index in [1.807, 2.05) is 76.5 Å². The van der Waals surface area contributed by atoms with Crippen LogP contribution in [0.3, 0.4) is 0 Å². The minimum atomic E-state index is -0.940. The molecule has 23 heteroatoms. The molecule has 2 aliphatic heterocycles. The molecule has 0 spiro atoms. The summed E-state index contributed by atoms with van der Waals surface area (Å²) in [6.45, 7) is 14.6. The smallest absolute Gasteiger partial charge is 0.246 e. The molecule has 0 radical (unpaired) electrons. The van der Waals surface area contributed by atoms with E-state index in [1.54, 1.807) is 23.6 Å². The number of hydrogen-bond acceptors (Lipinski definition) is 17. The second-order valence-electron chi connectivity index (χ2n) is 21.3. The van der Waals surface area contributed by atoms with Crippen LogP contribution < -0.4 is 32.3 Å². The molecule has 6 rings (SSSR count). The first kappa shape index (κ1) is 63.5. The number of nitrogens with zero attached hydrogens (tertiary/aromatic N) is 5. The molecule has 0 aliphatic carbocycles. The lowest BCUT2D eigenvalue weighted by Crippen LogP contribution is -2.58. The van der Waals surface area contributed by atoms with Crippen molar-refractivity contribution in [1.82, 2.24) is 35.8 Å². The molecule has 0 bridgehead atoms. The maximum absolute atomic E-state index is 14.0. The van der Waals surface area contributed by atoms with E-state index >= 15 is 0 Å². The third-order valence-electron chi connectivity index (χ3n) is 14.3. The molecule has 2 aliphatic rings.